The summed E-state index contributed by atoms with van der Waals surface area (Å²) >= 11 is 12.1. The van der Waals surface area contributed by atoms with Crippen molar-refractivity contribution in [1.82, 2.24) is 10.2 Å². The third kappa shape index (κ3) is 6.37. The highest BCUT2D eigenvalue weighted by Crippen LogP contribution is 2.26. The molecular weight excluding hydrogens is 473 g/mol. The maximum Gasteiger partial charge on any atom is 0.244 e. The van der Waals surface area contributed by atoms with E-state index < -0.39 is 28.5 Å². The molecule has 10 heteroatoms. The lowest BCUT2D eigenvalue weighted by Crippen LogP contribution is -2.50. The van der Waals surface area contributed by atoms with Gasteiger partial charge in [-0.1, -0.05) is 54.4 Å². The van der Waals surface area contributed by atoms with E-state index in [2.05, 4.69) is 5.32 Å². The molecule has 2 rings (SSSR count). The maximum absolute atomic E-state index is 13.4. The first-order chi connectivity index (χ1) is 15.0. The average molecular weight is 500 g/mol. The summed E-state index contributed by atoms with van der Waals surface area (Å²) in [5.41, 5.74) is 1.89. The number of anilines is 1. The summed E-state index contributed by atoms with van der Waals surface area (Å²) in [6.07, 6.45) is 1.65. The van der Waals surface area contributed by atoms with E-state index in [9.17, 15) is 18.0 Å². The predicted molar refractivity (Wildman–Crippen MR) is 129 cm³/mol. The Hall–Kier alpha value is -2.29. The number of sulfonamides is 1. The molecule has 2 amide bonds. The number of likely N-dealkylation sites (N-methyl/N-ethyl adjacent to an activating group) is 1. The molecular formula is C22H27Cl2N3O4S. The zero-order chi connectivity index (χ0) is 24.1. The molecule has 0 radical (unpaired) electrons. The van der Waals surface area contributed by atoms with Gasteiger partial charge in [0.2, 0.25) is 21.8 Å². The van der Waals surface area contributed by atoms with Crippen molar-refractivity contribution in [2.45, 2.75) is 32.9 Å². The fourth-order valence-electron chi connectivity index (χ4n) is 3.27. The fraction of sp³-hybridized carbons (Fsp3) is 0.364. The van der Waals surface area contributed by atoms with E-state index in [0.29, 0.717) is 27.7 Å². The number of nitrogens with one attached hydrogen (secondary N) is 1. The van der Waals surface area contributed by atoms with Gasteiger partial charge in [0, 0.05) is 13.6 Å². The lowest BCUT2D eigenvalue weighted by molar-refractivity contribution is -0.139. The van der Waals surface area contributed by atoms with Crippen LogP contribution in [0.5, 0.6) is 0 Å². The molecule has 2 aromatic carbocycles. The number of nitrogens with zero attached hydrogens (tertiary/aromatic N) is 2. The van der Waals surface area contributed by atoms with Gasteiger partial charge in [-0.25, -0.2) is 8.42 Å². The lowest BCUT2D eigenvalue weighted by Gasteiger charge is -2.31. The Labute approximate surface area is 199 Å². The Morgan fingerprint density at radius 3 is 2.31 bits per heavy atom. The predicted octanol–water partition coefficient (Wildman–Crippen LogP) is 3.49. The molecule has 1 N–H and O–H groups in total. The molecule has 0 fully saturated rings. The highest BCUT2D eigenvalue weighted by molar-refractivity contribution is 7.92. The topological polar surface area (TPSA) is 86.8 Å². The molecule has 1 atom stereocenters. The van der Waals surface area contributed by atoms with Crippen LogP contribution in [0, 0.1) is 0 Å². The van der Waals surface area contributed by atoms with E-state index in [0.717, 1.165) is 16.1 Å². The van der Waals surface area contributed by atoms with Crippen LogP contribution in [0.15, 0.2) is 42.5 Å². The van der Waals surface area contributed by atoms with Gasteiger partial charge in [-0.2, -0.15) is 0 Å². The van der Waals surface area contributed by atoms with Gasteiger partial charge in [0.05, 0.1) is 22.0 Å². The van der Waals surface area contributed by atoms with Gasteiger partial charge in [-0.05, 0) is 42.7 Å². The van der Waals surface area contributed by atoms with Crippen molar-refractivity contribution < 1.29 is 18.0 Å². The summed E-state index contributed by atoms with van der Waals surface area (Å²) in [5, 5.41) is 3.21. The summed E-state index contributed by atoms with van der Waals surface area (Å²) in [5.74, 6) is -0.901. The first-order valence-corrected chi connectivity index (χ1v) is 12.6. The van der Waals surface area contributed by atoms with Crippen LogP contribution in [0.25, 0.3) is 0 Å². The molecule has 0 saturated heterocycles. The Morgan fingerprint density at radius 1 is 1.09 bits per heavy atom. The molecule has 2 aromatic rings. The highest BCUT2D eigenvalue weighted by atomic mass is 35.5. The molecule has 32 heavy (non-hydrogen) atoms. The first kappa shape index (κ1) is 26.0. The average Bonchev–Trinajstić information content (AvgIpc) is 2.76. The van der Waals surface area contributed by atoms with Crippen LogP contribution in [0.1, 0.15) is 25.0 Å². The minimum Gasteiger partial charge on any atom is -0.357 e. The fourth-order valence-corrected chi connectivity index (χ4v) is 4.48. The summed E-state index contributed by atoms with van der Waals surface area (Å²) in [7, 11) is -2.30. The number of rotatable bonds is 9. The number of hydrogen-bond donors (Lipinski definition) is 1. The molecule has 0 unspecified atom stereocenters. The number of hydrogen-bond acceptors (Lipinski definition) is 4. The van der Waals surface area contributed by atoms with Crippen LogP contribution in [-0.2, 0) is 32.6 Å². The zero-order valence-corrected chi connectivity index (χ0v) is 20.8. The summed E-state index contributed by atoms with van der Waals surface area (Å²) in [6.45, 7) is 3.10. The standard InChI is InChI=1S/C22H27Cl2N3O4S/c1-5-17-8-6-7-9-20(17)27(32(4,30)31)14-21(28)26(15(2)22(29)25-3)13-16-10-11-18(23)19(24)12-16/h6-12,15H,5,13-14H2,1-4H3,(H,25,29)/t15-/m0/s1. The molecule has 0 bridgehead atoms. The van der Waals surface area contributed by atoms with Crippen LogP contribution in [-0.4, -0.2) is 51.0 Å². The van der Waals surface area contributed by atoms with E-state index in [1.807, 2.05) is 19.1 Å². The van der Waals surface area contributed by atoms with Crippen molar-refractivity contribution in [3.63, 3.8) is 0 Å². The number of benzene rings is 2. The van der Waals surface area contributed by atoms with Crippen LogP contribution >= 0.6 is 23.2 Å². The zero-order valence-electron chi connectivity index (χ0n) is 18.4. The van der Waals surface area contributed by atoms with Crippen molar-refractivity contribution in [1.29, 1.82) is 0 Å². The highest BCUT2D eigenvalue weighted by Gasteiger charge is 2.30. The molecule has 0 aromatic heterocycles. The molecule has 0 aliphatic carbocycles. The Balaban J connectivity index is 2.43. The number of para-hydroxylation sites is 1. The van der Waals surface area contributed by atoms with Crippen molar-refractivity contribution in [2.24, 2.45) is 0 Å². The second-order valence-electron chi connectivity index (χ2n) is 7.31. The van der Waals surface area contributed by atoms with Crippen LogP contribution in [0.4, 0.5) is 5.69 Å². The van der Waals surface area contributed by atoms with Crippen molar-refractivity contribution in [2.75, 3.05) is 24.2 Å². The van der Waals surface area contributed by atoms with Crippen molar-refractivity contribution in [3.05, 3.63) is 63.6 Å². The third-order valence-corrected chi connectivity index (χ3v) is 6.94. The van der Waals surface area contributed by atoms with E-state index >= 15 is 0 Å². The van der Waals surface area contributed by atoms with E-state index in [-0.39, 0.29) is 12.5 Å². The number of carbonyl (C=O) groups is 2. The number of halogens is 2. The van der Waals surface area contributed by atoms with Gasteiger partial charge in [-0.15, -0.1) is 0 Å². The van der Waals surface area contributed by atoms with Gasteiger partial charge >= 0.3 is 0 Å². The van der Waals surface area contributed by atoms with Gasteiger partial charge in [0.1, 0.15) is 12.6 Å². The Morgan fingerprint density at radius 2 is 1.75 bits per heavy atom. The summed E-state index contributed by atoms with van der Waals surface area (Å²) in [6, 6.07) is 11.1. The minimum atomic E-state index is -3.77. The molecule has 7 nitrogen and oxygen atoms in total. The Bertz CT molecular complexity index is 1090. The largest absolute Gasteiger partial charge is 0.357 e. The monoisotopic (exact) mass is 499 g/mol. The molecule has 0 spiro atoms. The van der Waals surface area contributed by atoms with Gasteiger partial charge < -0.3 is 10.2 Å². The molecule has 0 saturated carbocycles. The van der Waals surface area contributed by atoms with Crippen LogP contribution in [0.3, 0.4) is 0 Å². The van der Waals surface area contributed by atoms with Crippen LogP contribution in [0.2, 0.25) is 10.0 Å². The van der Waals surface area contributed by atoms with Gasteiger partial charge in [-0.3, -0.25) is 13.9 Å². The van der Waals surface area contributed by atoms with Gasteiger partial charge in [0.25, 0.3) is 0 Å². The maximum atomic E-state index is 13.4. The van der Waals surface area contributed by atoms with E-state index in [1.165, 1.54) is 11.9 Å². The molecule has 0 aliphatic rings. The first-order valence-electron chi connectivity index (χ1n) is 10.00. The van der Waals surface area contributed by atoms with Crippen molar-refractivity contribution in [3.8, 4) is 0 Å². The molecule has 0 aliphatic heterocycles. The van der Waals surface area contributed by atoms with Crippen molar-refractivity contribution >= 4 is 50.7 Å². The number of amides is 2. The number of carbonyl (C=O) groups excluding carboxylic acids is 2. The molecule has 174 valence electrons. The van der Waals surface area contributed by atoms with E-state index in [1.54, 1.807) is 37.3 Å². The lowest BCUT2D eigenvalue weighted by atomic mass is 10.1. The SMILES string of the molecule is CCc1ccccc1N(CC(=O)N(Cc1ccc(Cl)c(Cl)c1)[C@@H](C)C(=O)NC)S(C)(=O)=O. The summed E-state index contributed by atoms with van der Waals surface area (Å²) in [4.78, 5) is 27.0. The molecule has 0 heterocycles. The van der Waals surface area contributed by atoms with Gasteiger partial charge in [0.15, 0.2) is 0 Å². The third-order valence-electron chi connectivity index (χ3n) is 5.07. The smallest absolute Gasteiger partial charge is 0.244 e. The number of aryl methyl sites for hydroxylation is 1. The minimum absolute atomic E-state index is 0.0529. The Kier molecular flexibility index (Phi) is 8.95. The van der Waals surface area contributed by atoms with Crippen LogP contribution < -0.4 is 9.62 Å². The second kappa shape index (κ2) is 11.0. The summed E-state index contributed by atoms with van der Waals surface area (Å²) < 4.78 is 26.3. The quantitative estimate of drug-likeness (QED) is 0.571. The van der Waals surface area contributed by atoms with E-state index in [4.69, 9.17) is 23.2 Å². The normalized spacial score (nSPS) is 12.2. The second-order valence-corrected chi connectivity index (χ2v) is 10.0.